The van der Waals surface area contributed by atoms with Gasteiger partial charge in [0.25, 0.3) is 11.8 Å². The maximum absolute atomic E-state index is 13.7. The molecule has 0 unspecified atom stereocenters. The van der Waals surface area contributed by atoms with Gasteiger partial charge in [0.2, 0.25) is 0 Å². The van der Waals surface area contributed by atoms with Gasteiger partial charge < -0.3 is 15.4 Å². The predicted molar refractivity (Wildman–Crippen MR) is 92.1 cm³/mol. The molecule has 1 aliphatic heterocycles. The lowest BCUT2D eigenvalue weighted by Gasteiger charge is -2.12. The van der Waals surface area contributed by atoms with Crippen molar-refractivity contribution < 1.29 is 18.7 Å². The van der Waals surface area contributed by atoms with Gasteiger partial charge in [0, 0.05) is 24.4 Å². The molecule has 0 aromatic heterocycles. The Morgan fingerprint density at radius 2 is 1.96 bits per heavy atom. The Morgan fingerprint density at radius 3 is 2.72 bits per heavy atom. The summed E-state index contributed by atoms with van der Waals surface area (Å²) in [5.74, 6) is -1.39. The van der Waals surface area contributed by atoms with Crippen molar-refractivity contribution in [3.8, 4) is 0 Å². The number of halogens is 1. The Hall–Kier alpha value is -2.73. The molecule has 0 saturated carbocycles. The zero-order chi connectivity index (χ0) is 17.6. The van der Waals surface area contributed by atoms with Gasteiger partial charge in [-0.15, -0.1) is 0 Å². The largest absolute Gasteiger partial charge is 0.376 e. The first-order valence-electron chi connectivity index (χ1n) is 8.19. The number of rotatable bonds is 5. The fraction of sp³-hybridized carbons (Fsp3) is 0.263. The number of ether oxygens (including phenoxy) is 1. The van der Waals surface area contributed by atoms with Crippen LogP contribution in [0.25, 0.3) is 0 Å². The predicted octanol–water partition coefficient (Wildman–Crippen LogP) is 2.99. The molecule has 0 bridgehead atoms. The number of nitrogens with one attached hydrogen (secondary N) is 2. The van der Waals surface area contributed by atoms with E-state index in [1.807, 2.05) is 0 Å². The maximum atomic E-state index is 13.7. The third-order valence-electron chi connectivity index (χ3n) is 4.02. The van der Waals surface area contributed by atoms with Crippen LogP contribution in [-0.2, 0) is 4.74 Å². The molecule has 2 aromatic rings. The normalized spacial score (nSPS) is 16.4. The monoisotopic (exact) mass is 342 g/mol. The Bertz CT molecular complexity index is 773. The van der Waals surface area contributed by atoms with E-state index in [0.29, 0.717) is 17.8 Å². The van der Waals surface area contributed by atoms with Crippen LogP contribution in [0, 0.1) is 5.82 Å². The summed E-state index contributed by atoms with van der Waals surface area (Å²) in [7, 11) is 0. The highest BCUT2D eigenvalue weighted by molar-refractivity contribution is 6.05. The van der Waals surface area contributed by atoms with E-state index in [2.05, 4.69) is 10.6 Å². The molecule has 1 saturated heterocycles. The van der Waals surface area contributed by atoms with Crippen molar-refractivity contribution in [2.75, 3.05) is 18.5 Å². The highest BCUT2D eigenvalue weighted by Gasteiger charge is 2.17. The number of anilines is 1. The Balaban J connectivity index is 1.63. The fourth-order valence-corrected chi connectivity index (χ4v) is 2.70. The first kappa shape index (κ1) is 17.1. The summed E-state index contributed by atoms with van der Waals surface area (Å²) in [6, 6.07) is 12.3. The lowest BCUT2D eigenvalue weighted by atomic mass is 10.1. The van der Waals surface area contributed by atoms with Crippen molar-refractivity contribution in [1.82, 2.24) is 5.32 Å². The van der Waals surface area contributed by atoms with Crippen molar-refractivity contribution in [3.63, 3.8) is 0 Å². The second-order valence-electron chi connectivity index (χ2n) is 5.86. The highest BCUT2D eigenvalue weighted by Crippen LogP contribution is 2.15. The number of hydrogen-bond donors (Lipinski definition) is 2. The maximum Gasteiger partial charge on any atom is 0.258 e. The molecular weight excluding hydrogens is 323 g/mol. The molecular formula is C19H19FN2O3. The quantitative estimate of drug-likeness (QED) is 0.878. The van der Waals surface area contributed by atoms with Crippen molar-refractivity contribution in [2.45, 2.75) is 18.9 Å². The first-order chi connectivity index (χ1) is 12.1. The molecule has 5 nitrogen and oxygen atoms in total. The van der Waals surface area contributed by atoms with Crippen molar-refractivity contribution >= 4 is 17.5 Å². The summed E-state index contributed by atoms with van der Waals surface area (Å²) < 4.78 is 19.1. The van der Waals surface area contributed by atoms with Crippen LogP contribution in [-0.4, -0.2) is 31.1 Å². The zero-order valence-electron chi connectivity index (χ0n) is 13.6. The molecule has 2 aromatic carbocycles. The third kappa shape index (κ3) is 4.42. The number of hydrogen-bond acceptors (Lipinski definition) is 3. The van der Waals surface area contributed by atoms with Crippen LogP contribution in [0.3, 0.4) is 0 Å². The van der Waals surface area contributed by atoms with Crippen LogP contribution in [0.15, 0.2) is 48.5 Å². The molecule has 1 atom stereocenters. The molecule has 130 valence electrons. The molecule has 2 N–H and O–H groups in total. The number of carbonyl (C=O) groups excluding carboxylic acids is 2. The van der Waals surface area contributed by atoms with Crippen LogP contribution in [0.5, 0.6) is 0 Å². The number of amides is 2. The van der Waals surface area contributed by atoms with Crippen LogP contribution >= 0.6 is 0 Å². The van der Waals surface area contributed by atoms with E-state index in [1.165, 1.54) is 18.2 Å². The Kier molecular flexibility index (Phi) is 5.40. The van der Waals surface area contributed by atoms with E-state index >= 15 is 0 Å². The molecule has 25 heavy (non-hydrogen) atoms. The van der Waals surface area contributed by atoms with Gasteiger partial charge in [-0.3, -0.25) is 9.59 Å². The van der Waals surface area contributed by atoms with Crippen molar-refractivity contribution in [2.24, 2.45) is 0 Å². The van der Waals surface area contributed by atoms with Crippen LogP contribution in [0.4, 0.5) is 10.1 Å². The number of carbonyl (C=O) groups is 2. The molecule has 3 rings (SSSR count). The zero-order valence-corrected chi connectivity index (χ0v) is 13.6. The third-order valence-corrected chi connectivity index (χ3v) is 4.02. The van der Waals surface area contributed by atoms with Gasteiger partial charge in [-0.25, -0.2) is 4.39 Å². The lowest BCUT2D eigenvalue weighted by Crippen LogP contribution is -2.31. The standard InChI is InChI=1S/C19H19FN2O3/c20-17-9-2-1-8-16(17)19(24)22-14-6-3-5-13(11-14)18(23)21-12-15-7-4-10-25-15/h1-3,5-6,8-9,11,15H,4,7,10,12H2,(H,21,23)(H,22,24)/t15-/m0/s1. The highest BCUT2D eigenvalue weighted by atomic mass is 19.1. The Morgan fingerprint density at radius 1 is 1.12 bits per heavy atom. The first-order valence-corrected chi connectivity index (χ1v) is 8.19. The van der Waals surface area contributed by atoms with E-state index < -0.39 is 11.7 Å². The van der Waals surface area contributed by atoms with E-state index in [4.69, 9.17) is 4.74 Å². The second-order valence-corrected chi connectivity index (χ2v) is 5.86. The summed E-state index contributed by atoms with van der Waals surface area (Å²) in [6.07, 6.45) is 2.02. The minimum atomic E-state index is -0.592. The van der Waals surface area contributed by atoms with Gasteiger partial charge in [0.1, 0.15) is 5.82 Å². The summed E-state index contributed by atoms with van der Waals surface area (Å²) in [5, 5.41) is 5.43. The van der Waals surface area contributed by atoms with Gasteiger partial charge in [0.15, 0.2) is 0 Å². The fourth-order valence-electron chi connectivity index (χ4n) is 2.70. The van der Waals surface area contributed by atoms with Crippen molar-refractivity contribution in [1.29, 1.82) is 0 Å². The van der Waals surface area contributed by atoms with Gasteiger partial charge in [-0.1, -0.05) is 18.2 Å². The average molecular weight is 342 g/mol. The summed E-state index contributed by atoms with van der Waals surface area (Å²) >= 11 is 0. The average Bonchev–Trinajstić information content (AvgIpc) is 3.14. The van der Waals surface area contributed by atoms with Gasteiger partial charge in [-0.05, 0) is 43.2 Å². The van der Waals surface area contributed by atoms with Crippen LogP contribution in [0.2, 0.25) is 0 Å². The number of benzene rings is 2. The molecule has 1 heterocycles. The summed E-state index contributed by atoms with van der Waals surface area (Å²) in [6.45, 7) is 1.20. The molecule has 1 aliphatic rings. The lowest BCUT2D eigenvalue weighted by molar-refractivity contribution is 0.0857. The second kappa shape index (κ2) is 7.90. The van der Waals surface area contributed by atoms with Gasteiger partial charge >= 0.3 is 0 Å². The van der Waals surface area contributed by atoms with Crippen LogP contribution in [0.1, 0.15) is 33.6 Å². The van der Waals surface area contributed by atoms with Crippen molar-refractivity contribution in [3.05, 3.63) is 65.5 Å². The van der Waals surface area contributed by atoms with Gasteiger partial charge in [0.05, 0.1) is 11.7 Å². The van der Waals surface area contributed by atoms with E-state index in [1.54, 1.807) is 30.3 Å². The molecule has 0 aliphatic carbocycles. The summed E-state index contributed by atoms with van der Waals surface area (Å²) in [4.78, 5) is 24.4. The van der Waals surface area contributed by atoms with E-state index in [0.717, 1.165) is 19.4 Å². The Labute approximate surface area is 145 Å². The summed E-state index contributed by atoms with van der Waals surface area (Å²) in [5.41, 5.74) is 0.804. The molecule has 1 fully saturated rings. The SMILES string of the molecule is O=C(NC[C@@H]1CCCO1)c1cccc(NC(=O)c2ccccc2F)c1. The molecule has 0 radical (unpaired) electrons. The smallest absolute Gasteiger partial charge is 0.258 e. The molecule has 2 amide bonds. The van der Waals surface area contributed by atoms with Gasteiger partial charge in [-0.2, -0.15) is 0 Å². The van der Waals surface area contributed by atoms with Crippen LogP contribution < -0.4 is 10.6 Å². The minimum Gasteiger partial charge on any atom is -0.376 e. The molecule has 6 heteroatoms. The minimum absolute atomic E-state index is 0.0456. The molecule has 0 spiro atoms. The van der Waals surface area contributed by atoms with E-state index in [-0.39, 0.29) is 17.6 Å². The van der Waals surface area contributed by atoms with E-state index in [9.17, 15) is 14.0 Å². The topological polar surface area (TPSA) is 67.4 Å².